The fourth-order valence-corrected chi connectivity index (χ4v) is 5.67. The molecule has 156 valence electrons. The van der Waals surface area contributed by atoms with Crippen molar-refractivity contribution in [3.8, 4) is 16.9 Å². The molecule has 4 heterocycles. The Labute approximate surface area is 185 Å². The van der Waals surface area contributed by atoms with Gasteiger partial charge < -0.3 is 14.5 Å². The number of amides is 1. The van der Waals surface area contributed by atoms with Crippen LogP contribution >= 0.6 is 22.9 Å². The highest BCUT2D eigenvalue weighted by Gasteiger charge is 2.36. The molecule has 1 unspecified atom stereocenters. The van der Waals surface area contributed by atoms with E-state index in [1.165, 1.54) is 0 Å². The first-order valence-corrected chi connectivity index (χ1v) is 11.5. The largest absolute Gasteiger partial charge is 0.479 e. The highest BCUT2D eigenvalue weighted by molar-refractivity contribution is 7.17. The number of rotatable bonds is 3. The van der Waals surface area contributed by atoms with Gasteiger partial charge in [-0.05, 0) is 56.6 Å². The van der Waals surface area contributed by atoms with Gasteiger partial charge in [0.25, 0.3) is 5.91 Å². The second-order valence-corrected chi connectivity index (χ2v) is 9.62. The molecule has 7 heteroatoms. The molecule has 30 heavy (non-hydrogen) atoms. The summed E-state index contributed by atoms with van der Waals surface area (Å²) in [6.45, 7) is 1.57. The number of benzene rings is 1. The van der Waals surface area contributed by atoms with Crippen molar-refractivity contribution < 1.29 is 9.53 Å². The first-order chi connectivity index (χ1) is 14.5. The smallest absolute Gasteiger partial charge is 0.263 e. The number of thiophene rings is 1. The van der Waals surface area contributed by atoms with Crippen molar-refractivity contribution >= 4 is 39.1 Å². The zero-order chi connectivity index (χ0) is 20.8. The molecule has 0 saturated carbocycles. The molecule has 0 aliphatic carbocycles. The highest BCUT2D eigenvalue weighted by Crippen LogP contribution is 2.44. The van der Waals surface area contributed by atoms with Gasteiger partial charge in [-0.2, -0.15) is 0 Å². The third-order valence-corrected chi connectivity index (χ3v) is 7.37. The van der Waals surface area contributed by atoms with Crippen LogP contribution in [0.25, 0.3) is 21.3 Å². The predicted molar refractivity (Wildman–Crippen MR) is 121 cm³/mol. The minimum absolute atomic E-state index is 0.0847. The Balaban J connectivity index is 1.42. The van der Waals surface area contributed by atoms with Crippen LogP contribution in [0, 0.1) is 0 Å². The summed E-state index contributed by atoms with van der Waals surface area (Å²) in [5.41, 5.74) is 3.95. The van der Waals surface area contributed by atoms with Gasteiger partial charge in [0.2, 0.25) is 0 Å². The molecule has 1 saturated heterocycles. The molecule has 2 aliphatic heterocycles. The van der Waals surface area contributed by atoms with Crippen LogP contribution in [0.15, 0.2) is 35.8 Å². The van der Waals surface area contributed by atoms with E-state index in [0.29, 0.717) is 17.5 Å². The first-order valence-electron chi connectivity index (χ1n) is 10.3. The average Bonchev–Trinajstić information content (AvgIpc) is 3.39. The van der Waals surface area contributed by atoms with E-state index in [1.807, 2.05) is 40.7 Å². The van der Waals surface area contributed by atoms with Gasteiger partial charge in [-0.1, -0.05) is 11.6 Å². The van der Waals surface area contributed by atoms with Crippen LogP contribution in [0.4, 0.5) is 0 Å². The second-order valence-electron chi connectivity index (χ2n) is 8.27. The van der Waals surface area contributed by atoms with Gasteiger partial charge >= 0.3 is 0 Å². The minimum atomic E-state index is -0.478. The monoisotopic (exact) mass is 441 g/mol. The number of hydrogen-bond donors (Lipinski definition) is 0. The van der Waals surface area contributed by atoms with Crippen LogP contribution in [0.5, 0.6) is 5.75 Å². The van der Waals surface area contributed by atoms with E-state index >= 15 is 0 Å². The summed E-state index contributed by atoms with van der Waals surface area (Å²) in [5.74, 6) is 0.864. The molecule has 3 aromatic rings. The van der Waals surface area contributed by atoms with Crippen molar-refractivity contribution in [1.29, 1.82) is 0 Å². The normalized spacial score (nSPS) is 19.3. The van der Waals surface area contributed by atoms with Crippen LogP contribution in [0.1, 0.15) is 18.4 Å². The molecule has 1 fully saturated rings. The number of halogens is 1. The van der Waals surface area contributed by atoms with Gasteiger partial charge in [0, 0.05) is 53.5 Å². The second kappa shape index (κ2) is 7.84. The van der Waals surface area contributed by atoms with Crippen LogP contribution in [0.3, 0.4) is 0 Å². The Morgan fingerprint density at radius 2 is 2.03 bits per heavy atom. The van der Waals surface area contributed by atoms with Crippen molar-refractivity contribution in [2.75, 3.05) is 27.2 Å². The molecular formula is C23H24ClN3O2S. The Bertz CT molecular complexity index is 1110. The topological polar surface area (TPSA) is 45.7 Å². The van der Waals surface area contributed by atoms with Gasteiger partial charge in [-0.3, -0.25) is 9.78 Å². The zero-order valence-corrected chi connectivity index (χ0v) is 18.7. The molecule has 0 spiro atoms. The Hall–Kier alpha value is -2.15. The number of carbonyl (C=O) groups is 1. The Morgan fingerprint density at radius 3 is 2.80 bits per heavy atom. The highest BCUT2D eigenvalue weighted by atomic mass is 35.5. The van der Waals surface area contributed by atoms with Gasteiger partial charge in [-0.25, -0.2) is 0 Å². The van der Waals surface area contributed by atoms with E-state index in [-0.39, 0.29) is 5.91 Å². The summed E-state index contributed by atoms with van der Waals surface area (Å²) < 4.78 is 7.39. The van der Waals surface area contributed by atoms with E-state index in [2.05, 4.69) is 24.0 Å². The van der Waals surface area contributed by atoms with E-state index in [0.717, 1.165) is 58.6 Å². The van der Waals surface area contributed by atoms with Crippen molar-refractivity contribution in [2.24, 2.45) is 0 Å². The van der Waals surface area contributed by atoms with Gasteiger partial charge in [-0.15, -0.1) is 11.3 Å². The maximum Gasteiger partial charge on any atom is 0.263 e. The number of nitrogens with zero attached hydrogens (tertiary/aromatic N) is 3. The summed E-state index contributed by atoms with van der Waals surface area (Å²) in [6.07, 6.45) is 3.90. The van der Waals surface area contributed by atoms with Crippen molar-refractivity contribution in [3.63, 3.8) is 0 Å². The quantitative estimate of drug-likeness (QED) is 0.601. The number of pyridine rings is 1. The Kier molecular flexibility index (Phi) is 5.17. The van der Waals surface area contributed by atoms with Crippen molar-refractivity contribution in [1.82, 2.24) is 14.8 Å². The van der Waals surface area contributed by atoms with Crippen LogP contribution in [-0.2, 0) is 11.2 Å². The molecule has 0 N–H and O–H groups in total. The zero-order valence-electron chi connectivity index (χ0n) is 17.1. The third kappa shape index (κ3) is 3.47. The Morgan fingerprint density at radius 1 is 1.23 bits per heavy atom. The summed E-state index contributed by atoms with van der Waals surface area (Å²) in [7, 11) is 4.21. The van der Waals surface area contributed by atoms with Gasteiger partial charge in [0.1, 0.15) is 5.75 Å². The summed E-state index contributed by atoms with van der Waals surface area (Å²) >= 11 is 8.11. The SMILES string of the molecule is CN(C)C1CCN(C(=O)C2Cc3cc(Cl)cc(-c4ccnc5ccsc45)c3O2)CC1. The molecule has 1 amide bonds. The van der Waals surface area contributed by atoms with Gasteiger partial charge in [0.05, 0.1) is 10.2 Å². The van der Waals surface area contributed by atoms with Crippen molar-refractivity contribution in [2.45, 2.75) is 31.4 Å². The van der Waals surface area contributed by atoms with E-state index in [1.54, 1.807) is 11.3 Å². The summed E-state index contributed by atoms with van der Waals surface area (Å²) in [4.78, 5) is 21.8. The lowest BCUT2D eigenvalue weighted by Gasteiger charge is -2.36. The van der Waals surface area contributed by atoms with Crippen LogP contribution < -0.4 is 4.74 Å². The lowest BCUT2D eigenvalue weighted by Crippen LogP contribution is -2.48. The fraction of sp³-hybridized carbons (Fsp3) is 0.391. The number of fused-ring (bicyclic) bond motifs is 2. The molecule has 0 radical (unpaired) electrons. The molecule has 2 aromatic heterocycles. The lowest BCUT2D eigenvalue weighted by atomic mass is 10.00. The summed E-state index contributed by atoms with van der Waals surface area (Å²) in [5, 5.41) is 2.70. The summed E-state index contributed by atoms with van der Waals surface area (Å²) in [6, 6.07) is 8.41. The van der Waals surface area contributed by atoms with E-state index < -0.39 is 6.10 Å². The number of carbonyl (C=O) groups excluding carboxylic acids is 1. The third-order valence-electron chi connectivity index (χ3n) is 6.21. The van der Waals surface area contributed by atoms with E-state index in [4.69, 9.17) is 16.3 Å². The number of piperidine rings is 1. The molecule has 2 aliphatic rings. The van der Waals surface area contributed by atoms with E-state index in [9.17, 15) is 4.79 Å². The minimum Gasteiger partial charge on any atom is -0.479 e. The number of ether oxygens (including phenoxy) is 1. The standard InChI is InChI=1S/C23H24ClN3O2S/c1-26(2)16-4-8-27(9-5-16)23(28)20-12-14-11-15(24)13-18(21(14)29-20)17-3-7-25-19-6-10-30-22(17)19/h3,6-7,10-11,13,16,20H,4-5,8-9,12H2,1-2H3. The molecule has 1 aromatic carbocycles. The number of likely N-dealkylation sites (tertiary alicyclic amines) is 1. The number of hydrogen-bond acceptors (Lipinski definition) is 5. The molecule has 0 bridgehead atoms. The van der Waals surface area contributed by atoms with Gasteiger partial charge in [0.15, 0.2) is 6.10 Å². The molecule has 5 rings (SSSR count). The van der Waals surface area contributed by atoms with Crippen LogP contribution in [0.2, 0.25) is 5.02 Å². The maximum absolute atomic E-state index is 13.2. The average molecular weight is 442 g/mol. The van der Waals surface area contributed by atoms with Crippen LogP contribution in [-0.4, -0.2) is 60.0 Å². The predicted octanol–water partition coefficient (Wildman–Crippen LogP) is 4.47. The maximum atomic E-state index is 13.2. The molecule has 1 atom stereocenters. The lowest BCUT2D eigenvalue weighted by molar-refractivity contribution is -0.139. The molecule has 5 nitrogen and oxygen atoms in total. The van der Waals surface area contributed by atoms with Crippen molar-refractivity contribution in [3.05, 3.63) is 46.4 Å². The first kappa shape index (κ1) is 19.8. The number of aromatic nitrogens is 1. The fourth-order valence-electron chi connectivity index (χ4n) is 4.55. The molecular weight excluding hydrogens is 418 g/mol.